The van der Waals surface area contributed by atoms with Crippen molar-refractivity contribution >= 4 is 5.78 Å². The second-order valence-electron chi connectivity index (χ2n) is 10.8. The number of hydrogen-bond donors (Lipinski definition) is 0. The van der Waals surface area contributed by atoms with Crippen LogP contribution in [0.1, 0.15) is 91.9 Å². The fraction of sp³-hybridized carbons (Fsp3) is 0.880. The molecule has 1 nitrogen and oxygen atoms in total. The number of fused-ring (bicyclic) bond motifs is 5. The molecule has 4 fully saturated rings. The standard InChI is InChI=1S/C25H40O/c1-5-6-9-17(2)19-11-12-20-18-16-23(26)22-10-7-8-14-24(22,3)21(18)13-15-25(19,20)4/h6,9,17-22H,5,7-8,10-16H2,1-4H3/b9-6+/t17-,18?,19-,20?,21?,22-,24-,25-/m1/s1. The molecule has 8 atom stereocenters. The molecule has 0 spiro atoms. The van der Waals surface area contributed by atoms with E-state index in [9.17, 15) is 4.79 Å². The normalized spacial score (nSPS) is 49.5. The lowest BCUT2D eigenvalue weighted by Crippen LogP contribution is -2.55. The van der Waals surface area contributed by atoms with Crippen molar-refractivity contribution in [3.05, 3.63) is 12.2 Å². The maximum atomic E-state index is 13.1. The third kappa shape index (κ3) is 2.67. The van der Waals surface area contributed by atoms with E-state index in [-0.39, 0.29) is 0 Å². The number of carbonyl (C=O) groups is 1. The Balaban J connectivity index is 1.60. The van der Waals surface area contributed by atoms with E-state index in [1.807, 2.05) is 0 Å². The minimum Gasteiger partial charge on any atom is -0.299 e. The van der Waals surface area contributed by atoms with E-state index in [4.69, 9.17) is 0 Å². The summed E-state index contributed by atoms with van der Waals surface area (Å²) in [4.78, 5) is 13.1. The van der Waals surface area contributed by atoms with Crippen molar-refractivity contribution in [3.63, 3.8) is 0 Å². The van der Waals surface area contributed by atoms with Crippen LogP contribution in [0.25, 0.3) is 0 Å². The maximum Gasteiger partial charge on any atom is 0.136 e. The van der Waals surface area contributed by atoms with Gasteiger partial charge in [-0.15, -0.1) is 0 Å². The zero-order valence-corrected chi connectivity index (χ0v) is 17.6. The van der Waals surface area contributed by atoms with Gasteiger partial charge in [0, 0.05) is 12.3 Å². The summed E-state index contributed by atoms with van der Waals surface area (Å²) in [6.45, 7) is 9.79. The monoisotopic (exact) mass is 356 g/mol. The molecule has 0 aromatic rings. The number of carbonyl (C=O) groups excluding carboxylic acids is 1. The molecule has 1 heteroatoms. The van der Waals surface area contributed by atoms with Crippen molar-refractivity contribution in [3.8, 4) is 0 Å². The van der Waals surface area contributed by atoms with E-state index in [2.05, 4.69) is 39.8 Å². The molecule has 4 saturated carbocycles. The van der Waals surface area contributed by atoms with E-state index >= 15 is 0 Å². The molecule has 4 aliphatic carbocycles. The molecule has 0 aromatic heterocycles. The average Bonchev–Trinajstić information content (AvgIpc) is 2.97. The molecule has 3 unspecified atom stereocenters. The molecule has 0 heterocycles. The van der Waals surface area contributed by atoms with Crippen LogP contribution in [-0.2, 0) is 4.79 Å². The SMILES string of the molecule is CC/C=C/[C@@H](C)[C@H]1CCC2C3CC(=O)[C@H]4CCCC[C@]4(C)C3CC[C@@]21C. The minimum absolute atomic E-state index is 0.325. The van der Waals surface area contributed by atoms with Crippen LogP contribution in [0.15, 0.2) is 12.2 Å². The lowest BCUT2D eigenvalue weighted by Gasteiger charge is -2.60. The predicted octanol–water partition coefficient (Wildman–Crippen LogP) is 6.82. The molecule has 0 N–H and O–H groups in total. The van der Waals surface area contributed by atoms with Crippen molar-refractivity contribution < 1.29 is 4.79 Å². The van der Waals surface area contributed by atoms with Gasteiger partial charge in [-0.05, 0) is 85.4 Å². The summed E-state index contributed by atoms with van der Waals surface area (Å²) in [5.74, 6) is 4.86. The van der Waals surface area contributed by atoms with Gasteiger partial charge in [-0.25, -0.2) is 0 Å². The van der Waals surface area contributed by atoms with Crippen LogP contribution in [0.4, 0.5) is 0 Å². The van der Waals surface area contributed by atoms with Gasteiger partial charge in [0.25, 0.3) is 0 Å². The number of ketones is 1. The fourth-order valence-electron chi connectivity index (χ4n) is 8.49. The summed E-state index contributed by atoms with van der Waals surface area (Å²) >= 11 is 0. The Morgan fingerprint density at radius 1 is 1.04 bits per heavy atom. The molecule has 0 aromatic carbocycles. The Morgan fingerprint density at radius 2 is 1.81 bits per heavy atom. The lowest BCUT2D eigenvalue weighted by atomic mass is 9.44. The van der Waals surface area contributed by atoms with Crippen molar-refractivity contribution in [1.29, 1.82) is 0 Å². The molecule has 146 valence electrons. The highest BCUT2D eigenvalue weighted by Gasteiger charge is 2.61. The largest absolute Gasteiger partial charge is 0.299 e. The number of rotatable bonds is 3. The first-order valence-electron chi connectivity index (χ1n) is 11.6. The summed E-state index contributed by atoms with van der Waals surface area (Å²) in [5, 5.41) is 0. The summed E-state index contributed by atoms with van der Waals surface area (Å²) in [6.07, 6.45) is 17.6. The average molecular weight is 357 g/mol. The third-order valence-corrected chi connectivity index (χ3v) is 9.75. The Hall–Kier alpha value is -0.590. The summed E-state index contributed by atoms with van der Waals surface area (Å²) < 4.78 is 0. The van der Waals surface area contributed by atoms with Crippen LogP contribution >= 0.6 is 0 Å². The number of Topliss-reactive ketones (excluding diaryl/α,β-unsaturated/α-hetero) is 1. The van der Waals surface area contributed by atoms with Crippen molar-refractivity contribution in [1.82, 2.24) is 0 Å². The van der Waals surface area contributed by atoms with Crippen LogP contribution < -0.4 is 0 Å². The highest BCUT2D eigenvalue weighted by Crippen LogP contribution is 2.67. The molecule has 4 rings (SSSR count). The third-order valence-electron chi connectivity index (χ3n) is 9.75. The predicted molar refractivity (Wildman–Crippen MR) is 109 cm³/mol. The van der Waals surface area contributed by atoms with Crippen LogP contribution in [0, 0.1) is 46.3 Å². The second kappa shape index (κ2) is 6.78. The van der Waals surface area contributed by atoms with E-state index in [0.29, 0.717) is 34.4 Å². The van der Waals surface area contributed by atoms with Crippen LogP contribution in [0.5, 0.6) is 0 Å². The maximum absolute atomic E-state index is 13.1. The first-order valence-corrected chi connectivity index (χ1v) is 11.6. The quantitative estimate of drug-likeness (QED) is 0.507. The second-order valence-corrected chi connectivity index (χ2v) is 10.8. The van der Waals surface area contributed by atoms with Gasteiger partial charge in [0.1, 0.15) is 5.78 Å². The van der Waals surface area contributed by atoms with Gasteiger partial charge >= 0.3 is 0 Å². The zero-order chi connectivity index (χ0) is 18.5. The summed E-state index contributed by atoms with van der Waals surface area (Å²) in [7, 11) is 0. The fourth-order valence-corrected chi connectivity index (χ4v) is 8.49. The van der Waals surface area contributed by atoms with Crippen molar-refractivity contribution in [2.45, 2.75) is 91.9 Å². The topological polar surface area (TPSA) is 17.1 Å². The van der Waals surface area contributed by atoms with Crippen LogP contribution in [0.3, 0.4) is 0 Å². The minimum atomic E-state index is 0.325. The molecule has 0 aliphatic heterocycles. The van der Waals surface area contributed by atoms with Crippen LogP contribution in [0.2, 0.25) is 0 Å². The molecular weight excluding hydrogens is 316 g/mol. The molecule has 0 bridgehead atoms. The van der Waals surface area contributed by atoms with Crippen molar-refractivity contribution in [2.24, 2.45) is 46.3 Å². The van der Waals surface area contributed by atoms with E-state index < -0.39 is 0 Å². The Bertz CT molecular complexity index is 577. The van der Waals surface area contributed by atoms with Gasteiger partial charge in [-0.2, -0.15) is 0 Å². The van der Waals surface area contributed by atoms with Crippen molar-refractivity contribution in [2.75, 3.05) is 0 Å². The smallest absolute Gasteiger partial charge is 0.136 e. The van der Waals surface area contributed by atoms with E-state index in [1.54, 1.807) is 0 Å². The summed E-state index contributed by atoms with van der Waals surface area (Å²) in [5.41, 5.74) is 0.794. The highest BCUT2D eigenvalue weighted by molar-refractivity contribution is 5.83. The molecule has 0 amide bonds. The Morgan fingerprint density at radius 3 is 2.58 bits per heavy atom. The van der Waals surface area contributed by atoms with Gasteiger partial charge in [0.05, 0.1) is 0 Å². The van der Waals surface area contributed by atoms with E-state index in [0.717, 1.165) is 30.6 Å². The first kappa shape index (κ1) is 18.8. The van der Waals surface area contributed by atoms with Gasteiger partial charge in [0.15, 0.2) is 0 Å². The molecule has 4 aliphatic rings. The van der Waals surface area contributed by atoms with Gasteiger partial charge in [-0.3, -0.25) is 4.79 Å². The van der Waals surface area contributed by atoms with Crippen LogP contribution in [-0.4, -0.2) is 5.78 Å². The number of hydrogen-bond acceptors (Lipinski definition) is 1. The highest BCUT2D eigenvalue weighted by atomic mass is 16.1. The van der Waals surface area contributed by atoms with Gasteiger partial charge in [0.2, 0.25) is 0 Å². The molecule has 0 saturated heterocycles. The molecule has 26 heavy (non-hydrogen) atoms. The zero-order valence-electron chi connectivity index (χ0n) is 17.6. The molecular formula is C25H40O. The van der Waals surface area contributed by atoms with E-state index in [1.165, 1.54) is 51.4 Å². The Labute approximate surface area is 161 Å². The van der Waals surface area contributed by atoms with Gasteiger partial charge < -0.3 is 0 Å². The lowest BCUT2D eigenvalue weighted by molar-refractivity contribution is -0.154. The summed E-state index contributed by atoms with van der Waals surface area (Å²) in [6, 6.07) is 0. The van der Waals surface area contributed by atoms with Gasteiger partial charge in [-0.1, -0.05) is 52.7 Å². The first-order chi connectivity index (χ1) is 12.4. The Kier molecular flexibility index (Phi) is 4.89. The molecule has 0 radical (unpaired) electrons. The number of allylic oxidation sites excluding steroid dienone is 2.